The van der Waals surface area contributed by atoms with E-state index in [0.717, 1.165) is 0 Å². The van der Waals surface area contributed by atoms with Crippen molar-refractivity contribution in [3.05, 3.63) is 71.3 Å². The summed E-state index contributed by atoms with van der Waals surface area (Å²) in [6, 6.07) is 14.4. The molecule has 3 aromatic rings. The number of carbonyl (C=O) groups excluding carboxylic acids is 2. The van der Waals surface area contributed by atoms with Crippen molar-refractivity contribution in [2.75, 3.05) is 35.5 Å². The Hall–Kier alpha value is -4.73. The lowest BCUT2D eigenvalue weighted by atomic mass is 10.1. The van der Waals surface area contributed by atoms with Crippen LogP contribution in [0.5, 0.6) is 34.5 Å². The molecular formula is C26H26N2O8. The molecule has 3 aromatic carbocycles. The van der Waals surface area contributed by atoms with Crippen LogP contribution < -0.4 is 33.8 Å². The molecule has 36 heavy (non-hydrogen) atoms. The first kappa shape index (κ1) is 25.9. The standard InChI is InChI=1S/C26H26N2O8/c1-31-19-9-7-17(8-10-19)26(30)36-20-11-6-16(12-21(20)32-2)15-27-28-25(29)18-13-22(33-3)24(35-5)23(14-18)34-4/h6-15H,1-5H3,(H,28,29)/b27-15-. The third-order valence-electron chi connectivity index (χ3n) is 5.02. The van der Waals surface area contributed by atoms with Crippen LogP contribution in [0.25, 0.3) is 0 Å². The van der Waals surface area contributed by atoms with Crippen LogP contribution in [0.1, 0.15) is 26.3 Å². The molecule has 0 aliphatic heterocycles. The highest BCUT2D eigenvalue weighted by atomic mass is 16.6. The van der Waals surface area contributed by atoms with Crippen molar-refractivity contribution < 1.29 is 38.0 Å². The molecule has 0 saturated carbocycles. The van der Waals surface area contributed by atoms with Gasteiger partial charge in [0.15, 0.2) is 23.0 Å². The summed E-state index contributed by atoms with van der Waals surface area (Å²) < 4.78 is 31.7. The van der Waals surface area contributed by atoms with Gasteiger partial charge in [-0.15, -0.1) is 0 Å². The summed E-state index contributed by atoms with van der Waals surface area (Å²) in [5.41, 5.74) is 3.67. The number of nitrogens with one attached hydrogen (secondary N) is 1. The molecule has 0 saturated heterocycles. The van der Waals surface area contributed by atoms with E-state index in [-0.39, 0.29) is 11.3 Å². The van der Waals surface area contributed by atoms with E-state index < -0.39 is 11.9 Å². The van der Waals surface area contributed by atoms with Crippen molar-refractivity contribution in [2.24, 2.45) is 5.10 Å². The second kappa shape index (κ2) is 12.1. The average Bonchev–Trinajstić information content (AvgIpc) is 2.92. The molecule has 0 aromatic heterocycles. The lowest BCUT2D eigenvalue weighted by Crippen LogP contribution is -2.18. The van der Waals surface area contributed by atoms with E-state index in [4.69, 9.17) is 28.4 Å². The summed E-state index contributed by atoms with van der Waals surface area (Å²) in [4.78, 5) is 25.0. The van der Waals surface area contributed by atoms with Gasteiger partial charge in [-0.05, 0) is 60.2 Å². The average molecular weight is 495 g/mol. The van der Waals surface area contributed by atoms with Crippen LogP contribution in [-0.4, -0.2) is 53.6 Å². The Morgan fingerprint density at radius 2 is 1.33 bits per heavy atom. The maximum Gasteiger partial charge on any atom is 0.343 e. The SMILES string of the molecule is COc1ccc(C(=O)Oc2ccc(/C=N\NC(=O)c3cc(OC)c(OC)c(OC)c3)cc2OC)cc1. The van der Waals surface area contributed by atoms with Gasteiger partial charge in [0.05, 0.1) is 47.3 Å². The van der Waals surface area contributed by atoms with Gasteiger partial charge in [0, 0.05) is 5.56 Å². The van der Waals surface area contributed by atoms with Crippen LogP contribution >= 0.6 is 0 Å². The van der Waals surface area contributed by atoms with E-state index in [1.54, 1.807) is 49.6 Å². The Morgan fingerprint density at radius 3 is 1.89 bits per heavy atom. The number of methoxy groups -OCH3 is 5. The first-order chi connectivity index (χ1) is 17.4. The summed E-state index contributed by atoms with van der Waals surface area (Å²) in [6.07, 6.45) is 1.42. The summed E-state index contributed by atoms with van der Waals surface area (Å²) in [5, 5.41) is 3.99. The molecule has 0 heterocycles. The van der Waals surface area contributed by atoms with Crippen molar-refractivity contribution in [1.29, 1.82) is 0 Å². The second-order valence-electron chi connectivity index (χ2n) is 7.14. The van der Waals surface area contributed by atoms with Gasteiger partial charge in [0.25, 0.3) is 5.91 Å². The van der Waals surface area contributed by atoms with Gasteiger partial charge < -0.3 is 28.4 Å². The Balaban J connectivity index is 1.70. The zero-order valence-corrected chi connectivity index (χ0v) is 20.5. The molecule has 0 radical (unpaired) electrons. The highest BCUT2D eigenvalue weighted by Gasteiger charge is 2.17. The fourth-order valence-corrected chi connectivity index (χ4v) is 3.18. The van der Waals surface area contributed by atoms with Crippen LogP contribution in [0.4, 0.5) is 0 Å². The minimum Gasteiger partial charge on any atom is -0.497 e. The number of carbonyl (C=O) groups is 2. The molecule has 1 N–H and O–H groups in total. The van der Waals surface area contributed by atoms with E-state index in [2.05, 4.69) is 10.5 Å². The molecule has 1 amide bonds. The van der Waals surface area contributed by atoms with Gasteiger partial charge in [-0.3, -0.25) is 4.79 Å². The fraction of sp³-hybridized carbons (Fsp3) is 0.192. The largest absolute Gasteiger partial charge is 0.497 e. The van der Waals surface area contributed by atoms with Crippen molar-refractivity contribution in [1.82, 2.24) is 5.43 Å². The molecule has 0 unspecified atom stereocenters. The first-order valence-electron chi connectivity index (χ1n) is 10.6. The number of ether oxygens (including phenoxy) is 6. The van der Waals surface area contributed by atoms with Crippen LogP contribution in [-0.2, 0) is 0 Å². The summed E-state index contributed by atoms with van der Waals surface area (Å²) >= 11 is 0. The summed E-state index contributed by atoms with van der Waals surface area (Å²) in [6.45, 7) is 0. The Bertz CT molecular complexity index is 1230. The molecule has 0 aliphatic rings. The third-order valence-corrected chi connectivity index (χ3v) is 5.02. The maximum atomic E-state index is 12.6. The zero-order valence-electron chi connectivity index (χ0n) is 20.5. The number of hydrogen-bond acceptors (Lipinski definition) is 9. The van der Waals surface area contributed by atoms with Crippen molar-refractivity contribution in [2.45, 2.75) is 0 Å². The molecule has 0 bridgehead atoms. The monoisotopic (exact) mass is 494 g/mol. The summed E-state index contributed by atoms with van der Waals surface area (Å²) in [7, 11) is 7.39. The van der Waals surface area contributed by atoms with E-state index in [9.17, 15) is 9.59 Å². The third kappa shape index (κ3) is 6.03. The normalized spacial score (nSPS) is 10.5. The zero-order chi connectivity index (χ0) is 26.1. The van der Waals surface area contributed by atoms with E-state index >= 15 is 0 Å². The van der Waals surface area contributed by atoms with E-state index in [1.807, 2.05) is 0 Å². The molecule has 0 fully saturated rings. The van der Waals surface area contributed by atoms with Gasteiger partial charge in [0.1, 0.15) is 5.75 Å². The molecule has 0 aliphatic carbocycles. The smallest absolute Gasteiger partial charge is 0.343 e. The quantitative estimate of drug-likeness (QED) is 0.196. The predicted octanol–water partition coefficient (Wildman–Crippen LogP) is 3.71. The highest BCUT2D eigenvalue weighted by Crippen LogP contribution is 2.38. The van der Waals surface area contributed by atoms with Gasteiger partial charge in [-0.1, -0.05) is 0 Å². The number of rotatable bonds is 10. The first-order valence-corrected chi connectivity index (χ1v) is 10.6. The number of hydrazone groups is 1. The Kier molecular flexibility index (Phi) is 8.71. The van der Waals surface area contributed by atoms with Crippen molar-refractivity contribution in [3.63, 3.8) is 0 Å². The van der Waals surface area contributed by atoms with Gasteiger partial charge in [-0.2, -0.15) is 5.10 Å². The molecular weight excluding hydrogens is 468 g/mol. The maximum absolute atomic E-state index is 12.6. The molecule has 188 valence electrons. The lowest BCUT2D eigenvalue weighted by molar-refractivity contribution is 0.0729. The highest BCUT2D eigenvalue weighted by molar-refractivity contribution is 5.96. The lowest BCUT2D eigenvalue weighted by Gasteiger charge is -2.13. The van der Waals surface area contributed by atoms with Crippen LogP contribution in [0.3, 0.4) is 0 Å². The minimum absolute atomic E-state index is 0.233. The number of nitrogens with zero attached hydrogens (tertiary/aromatic N) is 1. The Morgan fingerprint density at radius 1 is 0.694 bits per heavy atom. The van der Waals surface area contributed by atoms with E-state index in [1.165, 1.54) is 46.8 Å². The predicted molar refractivity (Wildman–Crippen MR) is 132 cm³/mol. The topological polar surface area (TPSA) is 114 Å². The minimum atomic E-state index is -0.546. The van der Waals surface area contributed by atoms with Gasteiger partial charge in [-0.25, -0.2) is 10.2 Å². The molecule has 10 nitrogen and oxygen atoms in total. The van der Waals surface area contributed by atoms with Crippen molar-refractivity contribution >= 4 is 18.1 Å². The molecule has 3 rings (SSSR count). The molecule has 10 heteroatoms. The Labute approximate surface area is 208 Å². The van der Waals surface area contributed by atoms with Gasteiger partial charge >= 0.3 is 5.97 Å². The van der Waals surface area contributed by atoms with Crippen molar-refractivity contribution in [3.8, 4) is 34.5 Å². The fourth-order valence-electron chi connectivity index (χ4n) is 3.18. The van der Waals surface area contributed by atoms with Crippen LogP contribution in [0, 0.1) is 0 Å². The molecule has 0 spiro atoms. The summed E-state index contributed by atoms with van der Waals surface area (Å²) in [5.74, 6) is 1.21. The van der Waals surface area contributed by atoms with Gasteiger partial charge in [0.2, 0.25) is 5.75 Å². The number of amides is 1. The van der Waals surface area contributed by atoms with Crippen LogP contribution in [0.2, 0.25) is 0 Å². The second-order valence-corrected chi connectivity index (χ2v) is 7.14. The number of hydrogen-bond donors (Lipinski definition) is 1. The number of esters is 1. The number of benzene rings is 3. The van der Waals surface area contributed by atoms with E-state index in [0.29, 0.717) is 39.9 Å². The molecule has 0 atom stereocenters. The van der Waals surface area contributed by atoms with Crippen LogP contribution in [0.15, 0.2) is 59.7 Å².